The number of fused-ring (bicyclic) bond motifs is 1. The van der Waals surface area contributed by atoms with E-state index in [9.17, 15) is 0 Å². The van der Waals surface area contributed by atoms with Crippen molar-refractivity contribution in [2.45, 2.75) is 70.6 Å². The summed E-state index contributed by atoms with van der Waals surface area (Å²) in [5, 5.41) is 8.39. The van der Waals surface area contributed by atoms with Crippen molar-refractivity contribution < 1.29 is 0 Å². The van der Waals surface area contributed by atoms with Gasteiger partial charge in [0.2, 0.25) is 0 Å². The Hall–Kier alpha value is -0.870. The molecule has 2 aliphatic rings. The van der Waals surface area contributed by atoms with E-state index in [4.69, 9.17) is 0 Å². The second kappa shape index (κ2) is 6.27. The molecular formula is C16H28N4. The minimum absolute atomic E-state index is 0.505. The highest BCUT2D eigenvalue weighted by Crippen LogP contribution is 2.26. The third-order valence-electron chi connectivity index (χ3n) is 5.10. The lowest BCUT2D eigenvalue weighted by Crippen LogP contribution is -2.45. The highest BCUT2D eigenvalue weighted by Gasteiger charge is 2.31. The zero-order valence-corrected chi connectivity index (χ0v) is 12.9. The summed E-state index contributed by atoms with van der Waals surface area (Å²) in [5.74, 6) is 0. The zero-order valence-electron chi connectivity index (χ0n) is 12.9. The molecule has 3 atom stereocenters. The van der Waals surface area contributed by atoms with Crippen LogP contribution in [0.25, 0.3) is 0 Å². The van der Waals surface area contributed by atoms with E-state index in [1.807, 2.05) is 0 Å². The monoisotopic (exact) mass is 276 g/mol. The lowest BCUT2D eigenvalue weighted by Gasteiger charge is -2.35. The Balaban J connectivity index is 1.48. The number of hydrogen-bond acceptors (Lipinski definition) is 3. The van der Waals surface area contributed by atoms with Gasteiger partial charge < -0.3 is 10.2 Å². The molecule has 3 rings (SSSR count). The minimum atomic E-state index is 0.505. The SMILES string of the molecule is CCC(C)n1ccc(CNC2CCN3CCCC3C2)n1. The van der Waals surface area contributed by atoms with Crippen molar-refractivity contribution in [3.8, 4) is 0 Å². The fourth-order valence-corrected chi connectivity index (χ4v) is 3.56. The van der Waals surface area contributed by atoms with Crippen LogP contribution < -0.4 is 5.32 Å². The lowest BCUT2D eigenvalue weighted by molar-refractivity contribution is 0.166. The van der Waals surface area contributed by atoms with Gasteiger partial charge >= 0.3 is 0 Å². The summed E-state index contributed by atoms with van der Waals surface area (Å²) in [5.41, 5.74) is 1.18. The van der Waals surface area contributed by atoms with Gasteiger partial charge in [-0.2, -0.15) is 5.10 Å². The second-order valence-corrected chi connectivity index (χ2v) is 6.48. The molecule has 0 spiro atoms. The van der Waals surface area contributed by atoms with Crippen LogP contribution in [-0.2, 0) is 6.54 Å². The van der Waals surface area contributed by atoms with Crippen LogP contribution in [0.3, 0.4) is 0 Å². The Morgan fingerprint density at radius 1 is 1.40 bits per heavy atom. The molecule has 0 radical (unpaired) electrons. The highest BCUT2D eigenvalue weighted by atomic mass is 15.3. The summed E-state index contributed by atoms with van der Waals surface area (Å²) in [6, 6.07) is 4.19. The quantitative estimate of drug-likeness (QED) is 0.897. The molecule has 1 aromatic rings. The van der Waals surface area contributed by atoms with Gasteiger partial charge in [-0.05, 0) is 58.2 Å². The Labute approximate surface area is 122 Å². The summed E-state index contributed by atoms with van der Waals surface area (Å²) in [6.07, 6.45) is 8.67. The van der Waals surface area contributed by atoms with Crippen LogP contribution in [0.4, 0.5) is 0 Å². The van der Waals surface area contributed by atoms with Gasteiger partial charge in [-0.15, -0.1) is 0 Å². The van der Waals surface area contributed by atoms with Gasteiger partial charge in [0, 0.05) is 30.9 Å². The van der Waals surface area contributed by atoms with E-state index in [1.165, 1.54) is 44.5 Å². The first-order valence-corrected chi connectivity index (χ1v) is 8.27. The van der Waals surface area contributed by atoms with Crippen LogP contribution in [-0.4, -0.2) is 39.9 Å². The van der Waals surface area contributed by atoms with Gasteiger partial charge in [-0.3, -0.25) is 4.68 Å². The van der Waals surface area contributed by atoms with Gasteiger partial charge in [-0.1, -0.05) is 6.92 Å². The van der Waals surface area contributed by atoms with Gasteiger partial charge in [0.25, 0.3) is 0 Å². The number of aromatic nitrogens is 2. The summed E-state index contributed by atoms with van der Waals surface area (Å²) < 4.78 is 2.09. The van der Waals surface area contributed by atoms with Crippen molar-refractivity contribution in [1.29, 1.82) is 0 Å². The third-order valence-corrected chi connectivity index (χ3v) is 5.10. The van der Waals surface area contributed by atoms with Crippen LogP contribution in [0.15, 0.2) is 12.3 Å². The highest BCUT2D eigenvalue weighted by molar-refractivity contribution is 5.00. The Morgan fingerprint density at radius 3 is 3.15 bits per heavy atom. The van der Waals surface area contributed by atoms with Crippen molar-refractivity contribution in [2.24, 2.45) is 0 Å². The maximum absolute atomic E-state index is 4.68. The summed E-state index contributed by atoms with van der Waals surface area (Å²) in [4.78, 5) is 2.68. The first-order chi connectivity index (χ1) is 9.76. The van der Waals surface area contributed by atoms with Crippen molar-refractivity contribution in [2.75, 3.05) is 13.1 Å². The number of nitrogens with zero attached hydrogens (tertiary/aromatic N) is 3. The molecule has 2 aliphatic heterocycles. The third kappa shape index (κ3) is 3.07. The number of nitrogens with one attached hydrogen (secondary N) is 1. The first-order valence-electron chi connectivity index (χ1n) is 8.27. The molecule has 0 aliphatic carbocycles. The Kier molecular flexibility index (Phi) is 4.41. The number of rotatable bonds is 5. The van der Waals surface area contributed by atoms with Crippen LogP contribution in [0.1, 0.15) is 57.7 Å². The molecule has 4 nitrogen and oxygen atoms in total. The van der Waals surface area contributed by atoms with E-state index in [2.05, 4.69) is 46.1 Å². The van der Waals surface area contributed by atoms with Crippen LogP contribution in [0.5, 0.6) is 0 Å². The molecule has 1 aromatic heterocycles. The Morgan fingerprint density at radius 2 is 2.30 bits per heavy atom. The molecule has 3 heterocycles. The summed E-state index contributed by atoms with van der Waals surface area (Å²) >= 11 is 0. The normalized spacial score (nSPS) is 28.5. The average Bonchev–Trinajstić information content (AvgIpc) is 3.12. The predicted molar refractivity (Wildman–Crippen MR) is 81.7 cm³/mol. The van der Waals surface area contributed by atoms with E-state index < -0.39 is 0 Å². The fourth-order valence-electron chi connectivity index (χ4n) is 3.56. The van der Waals surface area contributed by atoms with E-state index in [1.54, 1.807) is 0 Å². The molecule has 112 valence electrons. The molecule has 0 aromatic carbocycles. The molecule has 1 N–H and O–H groups in total. The van der Waals surface area contributed by atoms with Gasteiger partial charge in [0.05, 0.1) is 5.69 Å². The van der Waals surface area contributed by atoms with Crippen molar-refractivity contribution in [1.82, 2.24) is 20.0 Å². The van der Waals surface area contributed by atoms with E-state index in [-0.39, 0.29) is 0 Å². The van der Waals surface area contributed by atoms with E-state index in [0.29, 0.717) is 12.1 Å². The average molecular weight is 276 g/mol. The van der Waals surface area contributed by atoms with Crippen molar-refractivity contribution in [3.63, 3.8) is 0 Å². The summed E-state index contributed by atoms with van der Waals surface area (Å²) in [6.45, 7) is 7.96. The molecule has 2 fully saturated rings. The van der Waals surface area contributed by atoms with Crippen molar-refractivity contribution in [3.05, 3.63) is 18.0 Å². The van der Waals surface area contributed by atoms with E-state index >= 15 is 0 Å². The molecule has 2 saturated heterocycles. The van der Waals surface area contributed by atoms with Gasteiger partial charge in [0.15, 0.2) is 0 Å². The Bertz CT molecular complexity index is 428. The first kappa shape index (κ1) is 14.1. The van der Waals surface area contributed by atoms with Gasteiger partial charge in [0.1, 0.15) is 0 Å². The smallest absolute Gasteiger partial charge is 0.0762 e. The number of piperidine rings is 1. The molecule has 4 heteroatoms. The van der Waals surface area contributed by atoms with Crippen molar-refractivity contribution >= 4 is 0 Å². The zero-order chi connectivity index (χ0) is 13.9. The topological polar surface area (TPSA) is 33.1 Å². The standard InChI is InChI=1S/C16H28N4/c1-3-13(2)20-10-7-15(18-20)12-17-14-6-9-19-8-4-5-16(19)11-14/h7,10,13-14,16-17H,3-6,8-9,11-12H2,1-2H3. The van der Waals surface area contributed by atoms with Gasteiger partial charge in [-0.25, -0.2) is 0 Å². The molecule has 3 unspecified atom stereocenters. The molecule has 0 bridgehead atoms. The molecule has 0 amide bonds. The largest absolute Gasteiger partial charge is 0.308 e. The predicted octanol–water partition coefficient (Wildman–Crippen LogP) is 2.57. The maximum atomic E-state index is 4.68. The fraction of sp³-hybridized carbons (Fsp3) is 0.812. The maximum Gasteiger partial charge on any atom is 0.0762 e. The van der Waals surface area contributed by atoms with E-state index in [0.717, 1.165) is 19.0 Å². The minimum Gasteiger partial charge on any atom is -0.308 e. The summed E-state index contributed by atoms with van der Waals surface area (Å²) in [7, 11) is 0. The molecule has 20 heavy (non-hydrogen) atoms. The van der Waals surface area contributed by atoms with Crippen LogP contribution >= 0.6 is 0 Å². The van der Waals surface area contributed by atoms with Crippen LogP contribution in [0, 0.1) is 0 Å². The molecule has 0 saturated carbocycles. The van der Waals surface area contributed by atoms with Crippen LogP contribution in [0.2, 0.25) is 0 Å². The number of hydrogen-bond donors (Lipinski definition) is 1. The molecular weight excluding hydrogens is 248 g/mol. The second-order valence-electron chi connectivity index (χ2n) is 6.48. The lowest BCUT2D eigenvalue weighted by atomic mass is 9.97.